The van der Waals surface area contributed by atoms with Crippen molar-refractivity contribution in [1.82, 2.24) is 14.7 Å². The molecule has 0 amide bonds. The monoisotopic (exact) mass is 431 g/mol. The lowest BCUT2D eigenvalue weighted by Gasteiger charge is -2.24. The van der Waals surface area contributed by atoms with E-state index in [1.807, 2.05) is 32.0 Å². The minimum Gasteiger partial charge on any atom is -0.481 e. The van der Waals surface area contributed by atoms with E-state index in [2.05, 4.69) is 14.7 Å². The molecule has 0 fully saturated rings. The first-order valence-corrected chi connectivity index (χ1v) is 11.6. The number of nitrogens with one attached hydrogen (secondary N) is 1. The summed E-state index contributed by atoms with van der Waals surface area (Å²) in [6.45, 7) is 7.53. The molecule has 0 spiro atoms. The smallest absolute Gasteiger partial charge is 0.250 e. The number of pyridine rings is 2. The van der Waals surface area contributed by atoms with E-state index in [0.717, 1.165) is 28.1 Å². The Balaban J connectivity index is 1.93. The Morgan fingerprint density at radius 1 is 1.21 bits per heavy atom. The Kier molecular flexibility index (Phi) is 6.07. The fourth-order valence-electron chi connectivity index (χ4n) is 3.08. The Bertz CT molecular complexity index is 1110. The van der Waals surface area contributed by atoms with Crippen LogP contribution in [0.5, 0.6) is 5.88 Å². The van der Waals surface area contributed by atoms with Crippen molar-refractivity contribution in [3.63, 3.8) is 0 Å². The SMILES string of the molecule is CCc1cc(-c2ccc(S(=O)(=O)NC(C)(C)c3ccccn3)s2)c(C)nc1OC. The van der Waals surface area contributed by atoms with Gasteiger partial charge in [-0.2, -0.15) is 4.72 Å². The summed E-state index contributed by atoms with van der Waals surface area (Å²) < 4.78 is 34.4. The normalized spacial score (nSPS) is 12.2. The van der Waals surface area contributed by atoms with Gasteiger partial charge in [-0.1, -0.05) is 13.0 Å². The zero-order chi connectivity index (χ0) is 21.2. The highest BCUT2D eigenvalue weighted by Gasteiger charge is 2.30. The molecule has 8 heteroatoms. The standard InChI is InChI=1S/C21H25N3O3S2/c1-6-15-13-16(14(2)23-20(15)27-5)17-10-11-19(28-17)29(25,26)24-21(3,4)18-9-7-8-12-22-18/h7-13,24H,6H2,1-5H3. The maximum atomic E-state index is 13.0. The summed E-state index contributed by atoms with van der Waals surface area (Å²) in [5, 5.41) is 0. The van der Waals surface area contributed by atoms with Crippen LogP contribution in [0.15, 0.2) is 46.8 Å². The second-order valence-corrected chi connectivity index (χ2v) is 10.2. The van der Waals surface area contributed by atoms with Crippen LogP contribution in [-0.4, -0.2) is 25.5 Å². The number of nitrogens with zero attached hydrogens (tertiary/aromatic N) is 2. The number of methoxy groups -OCH3 is 1. The van der Waals surface area contributed by atoms with Crippen molar-refractivity contribution in [2.75, 3.05) is 7.11 Å². The molecule has 3 rings (SSSR count). The third kappa shape index (κ3) is 4.49. The molecule has 154 valence electrons. The van der Waals surface area contributed by atoms with Crippen LogP contribution in [0.3, 0.4) is 0 Å². The Labute approximate surface area is 176 Å². The average Bonchev–Trinajstić information content (AvgIpc) is 3.18. The van der Waals surface area contributed by atoms with E-state index in [0.29, 0.717) is 11.6 Å². The summed E-state index contributed by atoms with van der Waals surface area (Å²) in [5.41, 5.74) is 2.52. The Hall–Kier alpha value is -2.29. The Morgan fingerprint density at radius 2 is 1.97 bits per heavy atom. The van der Waals surface area contributed by atoms with Crippen LogP contribution in [0.2, 0.25) is 0 Å². The molecule has 0 aliphatic carbocycles. The van der Waals surface area contributed by atoms with Crippen LogP contribution in [-0.2, 0) is 22.0 Å². The quantitative estimate of drug-likeness (QED) is 0.603. The summed E-state index contributed by atoms with van der Waals surface area (Å²) in [6.07, 6.45) is 2.43. The van der Waals surface area contributed by atoms with Gasteiger partial charge < -0.3 is 4.74 Å². The molecule has 0 aliphatic rings. The van der Waals surface area contributed by atoms with E-state index < -0.39 is 15.6 Å². The molecular formula is C21H25N3O3S2. The average molecular weight is 432 g/mol. The first-order chi connectivity index (χ1) is 13.7. The molecule has 0 atom stereocenters. The fourth-order valence-corrected chi connectivity index (χ4v) is 5.85. The van der Waals surface area contributed by atoms with Gasteiger partial charge in [0.15, 0.2) is 0 Å². The first kappa shape index (κ1) is 21.4. The fraction of sp³-hybridized carbons (Fsp3) is 0.333. The van der Waals surface area contributed by atoms with Crippen molar-refractivity contribution < 1.29 is 13.2 Å². The first-order valence-electron chi connectivity index (χ1n) is 9.28. The molecule has 1 N–H and O–H groups in total. The maximum Gasteiger partial charge on any atom is 0.250 e. The highest BCUT2D eigenvalue weighted by Crippen LogP contribution is 2.35. The summed E-state index contributed by atoms with van der Waals surface area (Å²) >= 11 is 1.22. The maximum absolute atomic E-state index is 13.0. The number of thiophene rings is 1. The van der Waals surface area contributed by atoms with Crippen LogP contribution in [0, 0.1) is 6.92 Å². The number of hydrogen-bond donors (Lipinski definition) is 1. The van der Waals surface area contributed by atoms with Crippen LogP contribution < -0.4 is 9.46 Å². The minimum absolute atomic E-state index is 0.254. The van der Waals surface area contributed by atoms with Gasteiger partial charge >= 0.3 is 0 Å². The summed E-state index contributed by atoms with van der Waals surface area (Å²) in [6, 6.07) is 10.9. The molecule has 0 radical (unpaired) electrons. The topological polar surface area (TPSA) is 81.2 Å². The van der Waals surface area contributed by atoms with Gasteiger partial charge in [-0.25, -0.2) is 13.4 Å². The third-order valence-corrected chi connectivity index (χ3v) is 7.90. The van der Waals surface area contributed by atoms with Gasteiger partial charge in [0.05, 0.1) is 18.3 Å². The van der Waals surface area contributed by atoms with Gasteiger partial charge in [0.1, 0.15) is 4.21 Å². The zero-order valence-corrected chi connectivity index (χ0v) is 18.8. The van der Waals surface area contributed by atoms with Crippen molar-refractivity contribution in [3.05, 3.63) is 59.5 Å². The van der Waals surface area contributed by atoms with E-state index in [9.17, 15) is 8.42 Å². The number of aromatic nitrogens is 2. The van der Waals surface area contributed by atoms with E-state index >= 15 is 0 Å². The second kappa shape index (κ2) is 8.22. The predicted molar refractivity (Wildman–Crippen MR) is 116 cm³/mol. The van der Waals surface area contributed by atoms with Crippen molar-refractivity contribution in [2.45, 2.75) is 43.9 Å². The van der Waals surface area contributed by atoms with Crippen LogP contribution >= 0.6 is 11.3 Å². The predicted octanol–water partition coefficient (Wildman–Crippen LogP) is 4.30. The largest absolute Gasteiger partial charge is 0.481 e. The van der Waals surface area contributed by atoms with E-state index in [1.165, 1.54) is 11.3 Å². The lowest BCUT2D eigenvalue weighted by molar-refractivity contribution is 0.392. The van der Waals surface area contributed by atoms with Crippen molar-refractivity contribution in [2.24, 2.45) is 0 Å². The number of ether oxygens (including phenoxy) is 1. The molecular weight excluding hydrogens is 406 g/mol. The molecule has 3 aromatic heterocycles. The van der Waals surface area contributed by atoms with Crippen LogP contribution in [0.1, 0.15) is 37.7 Å². The van der Waals surface area contributed by atoms with E-state index in [1.54, 1.807) is 45.4 Å². The second-order valence-electron chi connectivity index (χ2n) is 7.21. The summed E-state index contributed by atoms with van der Waals surface area (Å²) in [4.78, 5) is 9.66. The lowest BCUT2D eigenvalue weighted by atomic mass is 10.0. The summed E-state index contributed by atoms with van der Waals surface area (Å²) in [7, 11) is -2.11. The minimum atomic E-state index is -3.71. The summed E-state index contributed by atoms with van der Waals surface area (Å²) in [5.74, 6) is 0.608. The molecule has 0 unspecified atom stereocenters. The highest BCUT2D eigenvalue weighted by atomic mass is 32.2. The molecule has 0 aliphatic heterocycles. The van der Waals surface area contributed by atoms with Gasteiger partial charge in [-0.05, 0) is 57.5 Å². The van der Waals surface area contributed by atoms with Crippen molar-refractivity contribution in [3.8, 4) is 16.3 Å². The van der Waals surface area contributed by atoms with Gasteiger partial charge in [0, 0.05) is 27.9 Å². The molecule has 0 bridgehead atoms. The number of rotatable bonds is 7. The number of hydrogen-bond acceptors (Lipinski definition) is 6. The van der Waals surface area contributed by atoms with Gasteiger partial charge in [0.2, 0.25) is 5.88 Å². The Morgan fingerprint density at radius 3 is 2.59 bits per heavy atom. The highest BCUT2D eigenvalue weighted by molar-refractivity contribution is 7.91. The van der Waals surface area contributed by atoms with Gasteiger partial charge in [-0.3, -0.25) is 4.98 Å². The molecule has 0 saturated carbocycles. The van der Waals surface area contributed by atoms with E-state index in [-0.39, 0.29) is 4.21 Å². The molecule has 29 heavy (non-hydrogen) atoms. The van der Waals surface area contributed by atoms with Gasteiger partial charge in [-0.15, -0.1) is 11.3 Å². The van der Waals surface area contributed by atoms with Crippen LogP contribution in [0.4, 0.5) is 0 Å². The van der Waals surface area contributed by atoms with Crippen molar-refractivity contribution >= 4 is 21.4 Å². The molecule has 0 aromatic carbocycles. The zero-order valence-electron chi connectivity index (χ0n) is 17.2. The third-order valence-electron chi connectivity index (χ3n) is 4.63. The molecule has 6 nitrogen and oxygen atoms in total. The lowest BCUT2D eigenvalue weighted by Crippen LogP contribution is -2.41. The van der Waals surface area contributed by atoms with Gasteiger partial charge in [0.25, 0.3) is 10.0 Å². The molecule has 3 aromatic rings. The van der Waals surface area contributed by atoms with Crippen LogP contribution in [0.25, 0.3) is 10.4 Å². The van der Waals surface area contributed by atoms with Crippen molar-refractivity contribution in [1.29, 1.82) is 0 Å². The molecule has 3 heterocycles. The number of aryl methyl sites for hydroxylation is 2. The van der Waals surface area contributed by atoms with E-state index in [4.69, 9.17) is 4.74 Å². The number of sulfonamides is 1. The molecule has 0 saturated heterocycles.